The molecule has 2 N–H and O–H groups in total. The molecule has 2 aromatic carbocycles. The maximum atomic E-state index is 12.5. The normalized spacial score (nSPS) is 11.2. The number of halogens is 2. The second kappa shape index (κ2) is 8.44. The molecule has 0 bridgehead atoms. The minimum Gasteiger partial charge on any atom is -0.296 e. The number of anilines is 2. The Labute approximate surface area is 175 Å². The summed E-state index contributed by atoms with van der Waals surface area (Å²) in [6, 6.07) is 10.1. The maximum Gasteiger partial charge on any atom is 0.261 e. The molecule has 0 saturated carbocycles. The third-order valence-electron chi connectivity index (χ3n) is 3.57. The zero-order chi connectivity index (χ0) is 20.3. The molecule has 28 heavy (non-hydrogen) atoms. The van der Waals surface area contributed by atoms with Gasteiger partial charge in [-0.25, -0.2) is 8.42 Å². The molecule has 1 amide bonds. The molecule has 11 heteroatoms. The molecule has 0 spiro atoms. The van der Waals surface area contributed by atoms with E-state index in [1.54, 1.807) is 12.1 Å². The zero-order valence-corrected chi connectivity index (χ0v) is 17.6. The highest BCUT2D eigenvalue weighted by Gasteiger charge is 2.17. The summed E-state index contributed by atoms with van der Waals surface area (Å²) >= 11 is 13.0. The van der Waals surface area contributed by atoms with E-state index >= 15 is 0 Å². The number of aryl methyl sites for hydroxylation is 1. The number of sulfonamides is 1. The summed E-state index contributed by atoms with van der Waals surface area (Å²) in [5.41, 5.74) is 0.493. The van der Waals surface area contributed by atoms with Crippen LogP contribution in [0.4, 0.5) is 10.8 Å². The van der Waals surface area contributed by atoms with Gasteiger partial charge in [0.15, 0.2) is 0 Å². The van der Waals surface area contributed by atoms with Gasteiger partial charge in [-0.1, -0.05) is 47.5 Å². The lowest BCUT2D eigenvalue weighted by Gasteiger charge is -2.10. The van der Waals surface area contributed by atoms with Crippen LogP contribution in [0.3, 0.4) is 0 Å². The van der Waals surface area contributed by atoms with Crippen molar-refractivity contribution in [2.45, 2.75) is 18.2 Å². The SMILES string of the molecule is CCc1nnc(NC(=O)c2cccc(NS(=O)(=O)c3ccc(Cl)c(Cl)c3)c2)s1. The van der Waals surface area contributed by atoms with Gasteiger partial charge in [-0.05, 0) is 42.8 Å². The standard InChI is InChI=1S/C17H14Cl2N4O3S2/c1-2-15-21-22-17(27-15)20-16(24)10-4-3-5-11(8-10)23-28(25,26)12-6-7-13(18)14(19)9-12/h3-9,23H,2H2,1H3,(H,20,22,24). The Kier molecular flexibility index (Phi) is 6.19. The van der Waals surface area contributed by atoms with Crippen molar-refractivity contribution in [1.29, 1.82) is 0 Å². The van der Waals surface area contributed by atoms with Gasteiger partial charge in [-0.3, -0.25) is 14.8 Å². The molecule has 0 unspecified atom stereocenters. The van der Waals surface area contributed by atoms with Crippen LogP contribution in [0, 0.1) is 0 Å². The van der Waals surface area contributed by atoms with Crippen LogP contribution < -0.4 is 10.0 Å². The van der Waals surface area contributed by atoms with Crippen molar-refractivity contribution in [1.82, 2.24) is 10.2 Å². The summed E-state index contributed by atoms with van der Waals surface area (Å²) in [5.74, 6) is -0.422. The van der Waals surface area contributed by atoms with E-state index in [1.807, 2.05) is 6.92 Å². The number of nitrogens with one attached hydrogen (secondary N) is 2. The molecular formula is C17H14Cl2N4O3S2. The molecule has 7 nitrogen and oxygen atoms in total. The van der Waals surface area contributed by atoms with Crippen LogP contribution in [-0.2, 0) is 16.4 Å². The first-order valence-electron chi connectivity index (χ1n) is 8.00. The highest BCUT2D eigenvalue weighted by atomic mass is 35.5. The maximum absolute atomic E-state index is 12.5. The zero-order valence-electron chi connectivity index (χ0n) is 14.4. The fraction of sp³-hybridized carbons (Fsp3) is 0.118. The fourth-order valence-corrected chi connectivity index (χ4v) is 4.31. The Bertz CT molecular complexity index is 1130. The molecule has 1 heterocycles. The molecule has 146 valence electrons. The number of carbonyl (C=O) groups excluding carboxylic acids is 1. The number of carbonyl (C=O) groups is 1. The van der Waals surface area contributed by atoms with E-state index in [2.05, 4.69) is 20.2 Å². The third-order valence-corrected chi connectivity index (χ3v) is 6.67. The second-order valence-corrected chi connectivity index (χ2v) is 9.13. The molecule has 0 aliphatic rings. The van der Waals surface area contributed by atoms with Crippen LogP contribution in [0.25, 0.3) is 0 Å². The summed E-state index contributed by atoms with van der Waals surface area (Å²) in [5, 5.41) is 12.0. The Hall–Kier alpha value is -2.20. The Morgan fingerprint density at radius 2 is 1.89 bits per heavy atom. The van der Waals surface area contributed by atoms with Gasteiger partial charge in [0.1, 0.15) is 5.01 Å². The van der Waals surface area contributed by atoms with Crippen molar-refractivity contribution < 1.29 is 13.2 Å². The number of rotatable bonds is 6. The van der Waals surface area contributed by atoms with Crippen molar-refractivity contribution in [3.8, 4) is 0 Å². The van der Waals surface area contributed by atoms with E-state index in [0.717, 1.165) is 11.4 Å². The summed E-state index contributed by atoms with van der Waals surface area (Å²) in [4.78, 5) is 12.4. The number of amides is 1. The monoisotopic (exact) mass is 456 g/mol. The van der Waals surface area contributed by atoms with E-state index in [4.69, 9.17) is 23.2 Å². The quantitative estimate of drug-likeness (QED) is 0.569. The van der Waals surface area contributed by atoms with Gasteiger partial charge in [0.05, 0.1) is 14.9 Å². The van der Waals surface area contributed by atoms with E-state index in [9.17, 15) is 13.2 Å². The van der Waals surface area contributed by atoms with Crippen LogP contribution in [-0.4, -0.2) is 24.5 Å². The van der Waals surface area contributed by atoms with Gasteiger partial charge in [-0.2, -0.15) is 0 Å². The van der Waals surface area contributed by atoms with Crippen LogP contribution in [0.15, 0.2) is 47.4 Å². The lowest BCUT2D eigenvalue weighted by atomic mass is 10.2. The predicted molar refractivity (Wildman–Crippen MR) is 111 cm³/mol. The molecule has 0 aliphatic carbocycles. The largest absolute Gasteiger partial charge is 0.296 e. The number of nitrogens with zero attached hydrogens (tertiary/aromatic N) is 2. The first-order valence-corrected chi connectivity index (χ1v) is 11.1. The Morgan fingerprint density at radius 1 is 1.11 bits per heavy atom. The van der Waals surface area contributed by atoms with Crippen molar-refractivity contribution >= 4 is 61.3 Å². The molecular weight excluding hydrogens is 443 g/mol. The van der Waals surface area contributed by atoms with E-state index < -0.39 is 15.9 Å². The van der Waals surface area contributed by atoms with Crippen molar-refractivity contribution in [3.63, 3.8) is 0 Å². The number of benzene rings is 2. The lowest BCUT2D eigenvalue weighted by molar-refractivity contribution is 0.102. The van der Waals surface area contributed by atoms with Gasteiger partial charge in [0.25, 0.3) is 15.9 Å². The highest BCUT2D eigenvalue weighted by Crippen LogP contribution is 2.26. The number of aromatic nitrogens is 2. The molecule has 0 saturated heterocycles. The summed E-state index contributed by atoms with van der Waals surface area (Å²) in [6.07, 6.45) is 0.722. The molecule has 0 fully saturated rings. The number of hydrogen-bond acceptors (Lipinski definition) is 6. The first-order chi connectivity index (χ1) is 13.3. The average molecular weight is 457 g/mol. The van der Waals surface area contributed by atoms with E-state index in [0.29, 0.717) is 5.13 Å². The smallest absolute Gasteiger partial charge is 0.261 e. The lowest BCUT2D eigenvalue weighted by Crippen LogP contribution is -2.15. The molecule has 0 atom stereocenters. The molecule has 3 rings (SSSR count). The molecule has 1 aromatic heterocycles. The van der Waals surface area contributed by atoms with Crippen LogP contribution in [0.2, 0.25) is 10.0 Å². The molecule has 0 aliphatic heterocycles. The van der Waals surface area contributed by atoms with Gasteiger partial charge in [0, 0.05) is 11.3 Å². The Morgan fingerprint density at radius 3 is 2.57 bits per heavy atom. The fourth-order valence-electron chi connectivity index (χ4n) is 2.20. The van der Waals surface area contributed by atoms with E-state index in [1.165, 1.54) is 41.7 Å². The first kappa shape index (κ1) is 20.5. The second-order valence-electron chi connectivity index (χ2n) is 5.57. The van der Waals surface area contributed by atoms with Gasteiger partial charge < -0.3 is 0 Å². The molecule has 3 aromatic rings. The topological polar surface area (TPSA) is 101 Å². The van der Waals surface area contributed by atoms with E-state index in [-0.39, 0.29) is 26.2 Å². The minimum atomic E-state index is -3.90. The predicted octanol–water partition coefficient (Wildman–Crippen LogP) is 4.46. The van der Waals surface area contributed by atoms with Crippen molar-refractivity contribution in [3.05, 3.63) is 63.1 Å². The van der Waals surface area contributed by atoms with Crippen molar-refractivity contribution in [2.75, 3.05) is 10.0 Å². The van der Waals surface area contributed by atoms with Crippen LogP contribution in [0.5, 0.6) is 0 Å². The van der Waals surface area contributed by atoms with Crippen LogP contribution in [0.1, 0.15) is 22.3 Å². The van der Waals surface area contributed by atoms with Gasteiger partial charge in [0.2, 0.25) is 5.13 Å². The van der Waals surface area contributed by atoms with Gasteiger partial charge >= 0.3 is 0 Å². The van der Waals surface area contributed by atoms with Crippen LogP contribution >= 0.6 is 34.5 Å². The average Bonchev–Trinajstić information content (AvgIpc) is 3.11. The Balaban J connectivity index is 1.78. The summed E-state index contributed by atoms with van der Waals surface area (Å²) in [7, 11) is -3.90. The summed E-state index contributed by atoms with van der Waals surface area (Å²) < 4.78 is 27.5. The van der Waals surface area contributed by atoms with Gasteiger partial charge in [-0.15, -0.1) is 10.2 Å². The summed E-state index contributed by atoms with van der Waals surface area (Å²) in [6.45, 7) is 1.94. The molecule has 0 radical (unpaired) electrons. The van der Waals surface area contributed by atoms with Crippen molar-refractivity contribution in [2.24, 2.45) is 0 Å². The third kappa shape index (κ3) is 4.79. The minimum absolute atomic E-state index is 0.0438. The highest BCUT2D eigenvalue weighted by molar-refractivity contribution is 7.92. The number of hydrogen-bond donors (Lipinski definition) is 2.